The lowest BCUT2D eigenvalue weighted by molar-refractivity contribution is -0.0816. The Hall–Kier alpha value is 0.01000. The van der Waals surface area contributed by atoms with E-state index in [1.54, 1.807) is 0 Å². The molecule has 2 fully saturated rings. The Labute approximate surface area is 155 Å². The SMILES string of the molecule is C=CCSCCNC(=NC)N1CCOC(C2CCCO2)C1.I. The van der Waals surface area contributed by atoms with Crippen molar-refractivity contribution >= 4 is 41.7 Å². The van der Waals surface area contributed by atoms with Gasteiger partial charge in [-0.2, -0.15) is 11.8 Å². The molecule has 2 heterocycles. The van der Waals surface area contributed by atoms with E-state index in [0.29, 0.717) is 0 Å². The maximum atomic E-state index is 5.88. The van der Waals surface area contributed by atoms with Gasteiger partial charge in [0.2, 0.25) is 0 Å². The van der Waals surface area contributed by atoms with E-state index in [1.807, 2.05) is 24.9 Å². The summed E-state index contributed by atoms with van der Waals surface area (Å²) in [5, 5.41) is 3.43. The number of halogens is 1. The van der Waals surface area contributed by atoms with Gasteiger partial charge in [0.25, 0.3) is 0 Å². The fourth-order valence-electron chi connectivity index (χ4n) is 2.72. The largest absolute Gasteiger partial charge is 0.375 e. The molecule has 2 aliphatic rings. The second-order valence-electron chi connectivity index (χ2n) is 5.24. The van der Waals surface area contributed by atoms with Crippen molar-refractivity contribution in [2.45, 2.75) is 25.0 Å². The Morgan fingerprint density at radius 3 is 2.91 bits per heavy atom. The summed E-state index contributed by atoms with van der Waals surface area (Å²) in [6, 6.07) is 0. The molecular formula is C15H28IN3O2S. The summed E-state index contributed by atoms with van der Waals surface area (Å²) in [5.74, 6) is 3.03. The van der Waals surface area contributed by atoms with E-state index in [1.165, 1.54) is 0 Å². The zero-order valence-corrected chi connectivity index (χ0v) is 16.5. The Morgan fingerprint density at radius 1 is 1.41 bits per heavy atom. The Balaban J connectivity index is 0.00000242. The predicted octanol–water partition coefficient (Wildman–Crippen LogP) is 1.98. The molecule has 22 heavy (non-hydrogen) atoms. The molecule has 7 heteroatoms. The number of thioether (sulfide) groups is 1. The van der Waals surface area contributed by atoms with Gasteiger partial charge in [0.15, 0.2) is 5.96 Å². The molecule has 5 nitrogen and oxygen atoms in total. The average molecular weight is 441 g/mol. The van der Waals surface area contributed by atoms with Gasteiger partial charge in [-0.3, -0.25) is 4.99 Å². The smallest absolute Gasteiger partial charge is 0.193 e. The fourth-order valence-corrected chi connectivity index (χ4v) is 3.30. The quantitative estimate of drug-likeness (QED) is 0.225. The summed E-state index contributed by atoms with van der Waals surface area (Å²) in [7, 11) is 1.84. The second-order valence-corrected chi connectivity index (χ2v) is 6.39. The van der Waals surface area contributed by atoms with Gasteiger partial charge in [-0.1, -0.05) is 6.08 Å². The molecule has 0 amide bonds. The number of guanidine groups is 1. The highest BCUT2D eigenvalue weighted by Gasteiger charge is 2.32. The van der Waals surface area contributed by atoms with Gasteiger partial charge in [-0.25, -0.2) is 0 Å². The molecule has 1 N–H and O–H groups in total. The number of ether oxygens (including phenoxy) is 2. The van der Waals surface area contributed by atoms with E-state index in [9.17, 15) is 0 Å². The minimum atomic E-state index is 0. The van der Waals surface area contributed by atoms with Crippen LogP contribution in [0.3, 0.4) is 0 Å². The van der Waals surface area contributed by atoms with Crippen molar-refractivity contribution < 1.29 is 9.47 Å². The van der Waals surface area contributed by atoms with Crippen LogP contribution in [0.2, 0.25) is 0 Å². The summed E-state index contributed by atoms with van der Waals surface area (Å²) in [6.45, 7) is 8.03. The number of nitrogens with one attached hydrogen (secondary N) is 1. The van der Waals surface area contributed by atoms with Crippen LogP contribution in [-0.4, -0.2) is 74.5 Å². The van der Waals surface area contributed by atoms with Gasteiger partial charge in [-0.05, 0) is 12.8 Å². The zero-order valence-electron chi connectivity index (χ0n) is 13.3. The maximum absolute atomic E-state index is 5.88. The first-order valence-corrected chi connectivity index (χ1v) is 8.88. The lowest BCUT2D eigenvalue weighted by Crippen LogP contribution is -2.53. The van der Waals surface area contributed by atoms with Crippen LogP contribution in [0.5, 0.6) is 0 Å². The molecule has 2 atom stereocenters. The van der Waals surface area contributed by atoms with Crippen molar-refractivity contribution in [1.29, 1.82) is 0 Å². The Kier molecular flexibility index (Phi) is 10.5. The van der Waals surface area contributed by atoms with Crippen LogP contribution in [0, 0.1) is 0 Å². The second kappa shape index (κ2) is 11.5. The van der Waals surface area contributed by atoms with E-state index >= 15 is 0 Å². The molecule has 0 spiro atoms. The Bertz CT molecular complexity index is 352. The highest BCUT2D eigenvalue weighted by Crippen LogP contribution is 2.20. The number of morpholine rings is 1. The molecule has 0 radical (unpaired) electrons. The minimum absolute atomic E-state index is 0. The number of hydrogen-bond acceptors (Lipinski definition) is 4. The molecule has 2 saturated heterocycles. The summed E-state index contributed by atoms with van der Waals surface area (Å²) in [6.07, 6.45) is 4.64. The van der Waals surface area contributed by atoms with Gasteiger partial charge < -0.3 is 19.7 Å². The van der Waals surface area contributed by atoms with Crippen molar-refractivity contribution in [2.75, 3.05) is 51.4 Å². The van der Waals surface area contributed by atoms with Crippen LogP contribution in [0.25, 0.3) is 0 Å². The highest BCUT2D eigenvalue weighted by atomic mass is 127. The van der Waals surface area contributed by atoms with Crippen molar-refractivity contribution in [3.63, 3.8) is 0 Å². The lowest BCUT2D eigenvalue weighted by Gasteiger charge is -2.37. The van der Waals surface area contributed by atoms with Gasteiger partial charge in [0.1, 0.15) is 6.10 Å². The van der Waals surface area contributed by atoms with E-state index in [4.69, 9.17) is 9.47 Å². The van der Waals surface area contributed by atoms with Gasteiger partial charge in [0.05, 0.1) is 12.7 Å². The van der Waals surface area contributed by atoms with Gasteiger partial charge in [-0.15, -0.1) is 30.6 Å². The summed E-state index contributed by atoms with van der Waals surface area (Å²) >= 11 is 1.87. The molecule has 2 rings (SSSR count). The summed E-state index contributed by atoms with van der Waals surface area (Å²) in [4.78, 5) is 6.68. The fraction of sp³-hybridized carbons (Fsp3) is 0.800. The first-order valence-electron chi connectivity index (χ1n) is 7.72. The number of aliphatic imine (C=N–C) groups is 1. The third kappa shape index (κ3) is 6.25. The van der Waals surface area contributed by atoms with Crippen molar-refractivity contribution in [2.24, 2.45) is 4.99 Å². The summed E-state index contributed by atoms with van der Waals surface area (Å²) in [5.41, 5.74) is 0. The van der Waals surface area contributed by atoms with E-state index in [0.717, 1.165) is 63.2 Å². The first-order chi connectivity index (χ1) is 10.3. The first kappa shape index (κ1) is 20.1. The monoisotopic (exact) mass is 441 g/mol. The maximum Gasteiger partial charge on any atom is 0.193 e. The summed E-state index contributed by atoms with van der Waals surface area (Å²) < 4.78 is 11.6. The molecule has 0 aromatic heterocycles. The van der Waals surface area contributed by atoms with Crippen LogP contribution in [0.1, 0.15) is 12.8 Å². The van der Waals surface area contributed by atoms with E-state index < -0.39 is 0 Å². The van der Waals surface area contributed by atoms with Crippen LogP contribution in [0.15, 0.2) is 17.6 Å². The molecule has 0 aromatic rings. The molecule has 2 aliphatic heterocycles. The van der Waals surface area contributed by atoms with Crippen molar-refractivity contribution in [3.05, 3.63) is 12.7 Å². The normalized spacial score (nSPS) is 25.7. The molecule has 2 unspecified atom stereocenters. The van der Waals surface area contributed by atoms with Gasteiger partial charge in [0, 0.05) is 44.8 Å². The van der Waals surface area contributed by atoms with Crippen LogP contribution in [-0.2, 0) is 9.47 Å². The zero-order chi connectivity index (χ0) is 14.9. The number of nitrogens with zero attached hydrogens (tertiary/aromatic N) is 2. The Morgan fingerprint density at radius 2 is 2.23 bits per heavy atom. The van der Waals surface area contributed by atoms with Crippen molar-refractivity contribution in [1.82, 2.24) is 10.2 Å². The molecule has 0 aromatic carbocycles. The van der Waals surface area contributed by atoms with Crippen LogP contribution < -0.4 is 5.32 Å². The third-order valence-corrected chi connectivity index (χ3v) is 4.71. The molecular weight excluding hydrogens is 413 g/mol. The highest BCUT2D eigenvalue weighted by molar-refractivity contribution is 14.0. The number of rotatable bonds is 6. The van der Waals surface area contributed by atoms with E-state index in [2.05, 4.69) is 21.8 Å². The van der Waals surface area contributed by atoms with Gasteiger partial charge >= 0.3 is 0 Å². The third-order valence-electron chi connectivity index (χ3n) is 3.75. The van der Waals surface area contributed by atoms with Crippen LogP contribution in [0.4, 0.5) is 0 Å². The topological polar surface area (TPSA) is 46.1 Å². The average Bonchev–Trinajstić information content (AvgIpc) is 3.05. The molecule has 128 valence electrons. The standard InChI is InChI=1S/C15H27N3O2S.HI/c1-3-10-21-11-6-17-15(16-2)18-7-9-20-14(12-18)13-5-4-8-19-13;/h3,13-14H,1,4-12H2,2H3,(H,16,17);1H. The molecule has 0 aliphatic carbocycles. The lowest BCUT2D eigenvalue weighted by atomic mass is 10.1. The van der Waals surface area contributed by atoms with Crippen molar-refractivity contribution in [3.8, 4) is 0 Å². The molecule has 0 saturated carbocycles. The number of hydrogen-bond donors (Lipinski definition) is 1. The molecule has 0 bridgehead atoms. The van der Waals surface area contributed by atoms with Crippen LogP contribution >= 0.6 is 35.7 Å². The predicted molar refractivity (Wildman–Crippen MR) is 105 cm³/mol. The van der Waals surface area contributed by atoms with E-state index in [-0.39, 0.29) is 36.2 Å². The minimum Gasteiger partial charge on any atom is -0.375 e.